The van der Waals surface area contributed by atoms with E-state index in [9.17, 15) is 27.6 Å². The van der Waals surface area contributed by atoms with Gasteiger partial charge in [-0.25, -0.2) is 19.5 Å². The molecule has 3 rings (SSSR count). The first-order valence-electron chi connectivity index (χ1n) is 10.4. The van der Waals surface area contributed by atoms with E-state index in [0.29, 0.717) is 5.56 Å². The Hall–Kier alpha value is -3.83. The van der Waals surface area contributed by atoms with Crippen molar-refractivity contribution >= 4 is 29.5 Å². The van der Waals surface area contributed by atoms with Gasteiger partial charge in [0.25, 0.3) is 5.91 Å². The van der Waals surface area contributed by atoms with Crippen molar-refractivity contribution in [2.45, 2.75) is 45.0 Å². The summed E-state index contributed by atoms with van der Waals surface area (Å²) in [5.74, 6) is -0.847. The van der Waals surface area contributed by atoms with Gasteiger partial charge in [0.15, 0.2) is 0 Å². The average molecular weight is 480 g/mol. The molecule has 0 radical (unpaired) electrons. The molecule has 1 aromatic carbocycles. The standard InChI is InChI=1S/C22H23F3N4O5/c1-3-4-11-33-20(32)27-17-12-14(9-10-26-17)13-21(2)18(30)29(19(31)28-21)15-5-7-16(8-6-15)34-22(23,24)25/h5-10,12H,3-4,11,13H2,1-2H3,(H,28,31)(H,26,27,32). The summed E-state index contributed by atoms with van der Waals surface area (Å²) in [5.41, 5.74) is -0.642. The molecule has 1 atom stereocenters. The van der Waals surface area contributed by atoms with Gasteiger partial charge >= 0.3 is 18.5 Å². The van der Waals surface area contributed by atoms with E-state index in [-0.39, 0.29) is 24.5 Å². The highest BCUT2D eigenvalue weighted by molar-refractivity contribution is 6.23. The molecule has 4 amide bonds. The van der Waals surface area contributed by atoms with Crippen molar-refractivity contribution in [3.05, 3.63) is 48.2 Å². The third kappa shape index (κ3) is 6.15. The Kier molecular flexibility index (Phi) is 7.28. The van der Waals surface area contributed by atoms with Gasteiger partial charge in [-0.15, -0.1) is 13.2 Å². The van der Waals surface area contributed by atoms with Gasteiger partial charge in [0, 0.05) is 12.6 Å². The quantitative estimate of drug-likeness (QED) is 0.429. The number of carbonyl (C=O) groups excluding carboxylic acids is 3. The lowest BCUT2D eigenvalue weighted by Crippen LogP contribution is -2.46. The first kappa shape index (κ1) is 24.8. The molecule has 1 unspecified atom stereocenters. The molecule has 1 aliphatic heterocycles. The molecule has 12 heteroatoms. The number of urea groups is 1. The van der Waals surface area contributed by atoms with E-state index < -0.39 is 35.7 Å². The topological polar surface area (TPSA) is 110 Å². The van der Waals surface area contributed by atoms with Crippen molar-refractivity contribution in [1.29, 1.82) is 0 Å². The van der Waals surface area contributed by atoms with Crippen LogP contribution >= 0.6 is 0 Å². The van der Waals surface area contributed by atoms with Crippen LogP contribution in [-0.2, 0) is 16.0 Å². The first-order valence-corrected chi connectivity index (χ1v) is 10.4. The van der Waals surface area contributed by atoms with Crippen LogP contribution in [0.1, 0.15) is 32.3 Å². The van der Waals surface area contributed by atoms with Crippen molar-refractivity contribution in [3.63, 3.8) is 0 Å². The van der Waals surface area contributed by atoms with Gasteiger partial charge in [-0.2, -0.15) is 0 Å². The van der Waals surface area contributed by atoms with Gasteiger partial charge in [-0.1, -0.05) is 13.3 Å². The molecule has 2 heterocycles. The number of nitrogens with zero attached hydrogens (tertiary/aromatic N) is 2. The largest absolute Gasteiger partial charge is 0.573 e. The number of halogens is 3. The number of aromatic nitrogens is 1. The molecule has 1 aromatic heterocycles. The number of pyridine rings is 1. The van der Waals surface area contributed by atoms with Crippen molar-refractivity contribution in [1.82, 2.24) is 10.3 Å². The zero-order chi connectivity index (χ0) is 24.9. The second-order valence-electron chi connectivity index (χ2n) is 7.79. The Labute approximate surface area is 193 Å². The number of amides is 4. The van der Waals surface area contributed by atoms with E-state index in [2.05, 4.69) is 20.4 Å². The van der Waals surface area contributed by atoms with Gasteiger partial charge in [0.1, 0.15) is 17.1 Å². The predicted molar refractivity (Wildman–Crippen MR) is 115 cm³/mol. The molecule has 1 aliphatic rings. The number of rotatable bonds is 8. The lowest BCUT2D eigenvalue weighted by atomic mass is 9.93. The molecule has 2 N–H and O–H groups in total. The summed E-state index contributed by atoms with van der Waals surface area (Å²) in [7, 11) is 0. The molecule has 9 nitrogen and oxygen atoms in total. The molecule has 2 aromatic rings. The predicted octanol–water partition coefficient (Wildman–Crippen LogP) is 4.39. The lowest BCUT2D eigenvalue weighted by Gasteiger charge is -2.22. The highest BCUT2D eigenvalue weighted by Crippen LogP contribution is 2.30. The Balaban J connectivity index is 1.70. The van der Waals surface area contributed by atoms with E-state index in [1.165, 1.54) is 25.3 Å². The maximum atomic E-state index is 13.1. The van der Waals surface area contributed by atoms with E-state index in [0.717, 1.165) is 29.9 Å². The molecule has 1 fully saturated rings. The molecule has 182 valence electrons. The maximum absolute atomic E-state index is 13.1. The zero-order valence-corrected chi connectivity index (χ0v) is 18.4. The third-order valence-electron chi connectivity index (χ3n) is 4.93. The molecular formula is C22H23F3N4O5. The van der Waals surface area contributed by atoms with Gasteiger partial charge in [-0.05, 0) is 55.3 Å². The highest BCUT2D eigenvalue weighted by Gasteiger charge is 2.48. The Morgan fingerprint density at radius 2 is 1.91 bits per heavy atom. The fraction of sp³-hybridized carbons (Fsp3) is 0.364. The van der Waals surface area contributed by atoms with E-state index in [1.807, 2.05) is 6.92 Å². The van der Waals surface area contributed by atoms with Gasteiger partial charge in [0.05, 0.1) is 12.3 Å². The number of nitrogens with one attached hydrogen (secondary N) is 2. The number of hydrogen-bond donors (Lipinski definition) is 2. The monoisotopic (exact) mass is 480 g/mol. The van der Waals surface area contributed by atoms with Crippen LogP contribution < -0.4 is 20.3 Å². The number of hydrogen-bond acceptors (Lipinski definition) is 6. The number of carbonyl (C=O) groups is 3. The SMILES string of the molecule is CCCCOC(=O)Nc1cc(CC2(C)NC(=O)N(c3ccc(OC(F)(F)F)cc3)C2=O)ccn1. The van der Waals surface area contributed by atoms with E-state index >= 15 is 0 Å². The summed E-state index contributed by atoms with van der Waals surface area (Å²) in [6.45, 7) is 3.77. The van der Waals surface area contributed by atoms with Crippen LogP contribution in [0.5, 0.6) is 5.75 Å². The number of imide groups is 1. The van der Waals surface area contributed by atoms with E-state index in [4.69, 9.17) is 4.74 Å². The minimum atomic E-state index is -4.86. The summed E-state index contributed by atoms with van der Waals surface area (Å²) >= 11 is 0. The molecule has 34 heavy (non-hydrogen) atoms. The molecule has 0 saturated carbocycles. The number of anilines is 2. The second-order valence-corrected chi connectivity index (χ2v) is 7.79. The van der Waals surface area contributed by atoms with Crippen LogP contribution in [0.2, 0.25) is 0 Å². The first-order chi connectivity index (χ1) is 16.0. The van der Waals surface area contributed by atoms with Crippen molar-refractivity contribution in [2.24, 2.45) is 0 Å². The highest BCUT2D eigenvalue weighted by atomic mass is 19.4. The second kappa shape index (κ2) is 9.98. The average Bonchev–Trinajstić information content (AvgIpc) is 2.96. The smallest absolute Gasteiger partial charge is 0.449 e. The molecule has 0 bridgehead atoms. The molecule has 0 aliphatic carbocycles. The summed E-state index contributed by atoms with van der Waals surface area (Å²) in [6, 6.07) is 6.86. The number of ether oxygens (including phenoxy) is 2. The van der Waals surface area contributed by atoms with Gasteiger partial charge < -0.3 is 14.8 Å². The Morgan fingerprint density at radius 3 is 2.56 bits per heavy atom. The minimum absolute atomic E-state index is 0.0748. The number of alkyl halides is 3. The third-order valence-corrected chi connectivity index (χ3v) is 4.93. The van der Waals surface area contributed by atoms with Gasteiger partial charge in [-0.3, -0.25) is 10.1 Å². The summed E-state index contributed by atoms with van der Waals surface area (Å²) in [4.78, 5) is 42.4. The van der Waals surface area contributed by atoms with Crippen LogP contribution in [-0.4, -0.2) is 41.5 Å². The van der Waals surface area contributed by atoms with Crippen LogP contribution in [0.25, 0.3) is 0 Å². The molecular weight excluding hydrogens is 457 g/mol. The van der Waals surface area contributed by atoms with E-state index in [1.54, 1.807) is 12.1 Å². The zero-order valence-electron chi connectivity index (χ0n) is 18.4. The normalized spacial score (nSPS) is 18.0. The van der Waals surface area contributed by atoms with Crippen LogP contribution in [0.15, 0.2) is 42.6 Å². The maximum Gasteiger partial charge on any atom is 0.573 e. The molecule has 1 saturated heterocycles. The molecule has 0 spiro atoms. The summed E-state index contributed by atoms with van der Waals surface area (Å²) < 4.78 is 45.9. The Morgan fingerprint density at radius 1 is 1.21 bits per heavy atom. The summed E-state index contributed by atoms with van der Waals surface area (Å²) in [5, 5.41) is 5.13. The van der Waals surface area contributed by atoms with Crippen molar-refractivity contribution in [3.8, 4) is 5.75 Å². The van der Waals surface area contributed by atoms with Crippen LogP contribution in [0.4, 0.5) is 34.3 Å². The number of benzene rings is 1. The van der Waals surface area contributed by atoms with Crippen molar-refractivity contribution in [2.75, 3.05) is 16.8 Å². The van der Waals surface area contributed by atoms with Crippen LogP contribution in [0.3, 0.4) is 0 Å². The fourth-order valence-corrected chi connectivity index (χ4v) is 3.35. The minimum Gasteiger partial charge on any atom is -0.449 e. The summed E-state index contributed by atoms with van der Waals surface area (Å²) in [6.07, 6.45) is -2.38. The van der Waals surface area contributed by atoms with Crippen molar-refractivity contribution < 1.29 is 37.0 Å². The van der Waals surface area contributed by atoms with Crippen LogP contribution in [0, 0.1) is 0 Å². The Bertz CT molecular complexity index is 1060. The number of unbranched alkanes of at least 4 members (excludes halogenated alkanes) is 1. The fourth-order valence-electron chi connectivity index (χ4n) is 3.35. The van der Waals surface area contributed by atoms with Gasteiger partial charge in [0.2, 0.25) is 0 Å². The lowest BCUT2D eigenvalue weighted by molar-refractivity contribution is -0.274.